The normalized spacial score (nSPS) is 18.3. The molecule has 26 heavy (non-hydrogen) atoms. The highest BCUT2D eigenvalue weighted by Gasteiger charge is 2.27. The lowest BCUT2D eigenvalue weighted by Gasteiger charge is -2.31. The first-order valence-corrected chi connectivity index (χ1v) is 8.96. The van der Waals surface area contributed by atoms with Gasteiger partial charge in [-0.2, -0.15) is 0 Å². The van der Waals surface area contributed by atoms with Gasteiger partial charge in [-0.1, -0.05) is 0 Å². The molecule has 0 bridgehead atoms. The summed E-state index contributed by atoms with van der Waals surface area (Å²) in [6.45, 7) is 5.67. The van der Waals surface area contributed by atoms with Gasteiger partial charge in [-0.05, 0) is 32.8 Å². The average molecular weight is 354 g/mol. The van der Waals surface area contributed by atoms with Gasteiger partial charge in [0.2, 0.25) is 0 Å². The van der Waals surface area contributed by atoms with Crippen LogP contribution in [-0.4, -0.2) is 50.7 Å². The number of fused-ring (bicyclic) bond motifs is 3. The van der Waals surface area contributed by atoms with E-state index in [1.165, 1.54) is 0 Å². The predicted octanol–water partition coefficient (Wildman–Crippen LogP) is 2.66. The summed E-state index contributed by atoms with van der Waals surface area (Å²) >= 11 is 0. The number of rotatable bonds is 3. The van der Waals surface area contributed by atoms with Crippen LogP contribution in [0.5, 0.6) is 0 Å². The highest BCUT2D eigenvalue weighted by atomic mass is 16.7. The van der Waals surface area contributed by atoms with Gasteiger partial charge in [-0.25, -0.2) is 19.7 Å². The molecule has 3 aromatic heterocycles. The third kappa shape index (κ3) is 3.08. The molecule has 1 fully saturated rings. The molecule has 1 atom stereocenters. The van der Waals surface area contributed by atoms with E-state index in [9.17, 15) is 4.79 Å². The molecule has 8 heteroatoms. The number of aromatic amines is 1. The summed E-state index contributed by atoms with van der Waals surface area (Å²) in [6.07, 6.45) is 5.20. The number of hydrogen-bond donors (Lipinski definition) is 2. The Morgan fingerprint density at radius 2 is 2.35 bits per heavy atom. The van der Waals surface area contributed by atoms with Crippen LogP contribution in [0.3, 0.4) is 0 Å². The van der Waals surface area contributed by atoms with Gasteiger partial charge in [-0.3, -0.25) is 0 Å². The Kier molecular flexibility index (Phi) is 4.42. The van der Waals surface area contributed by atoms with Gasteiger partial charge in [0, 0.05) is 42.5 Å². The van der Waals surface area contributed by atoms with Crippen LogP contribution in [0, 0.1) is 6.92 Å². The first-order valence-electron chi connectivity index (χ1n) is 8.96. The van der Waals surface area contributed by atoms with Crippen molar-refractivity contribution in [1.29, 1.82) is 0 Å². The number of nitrogens with one attached hydrogen (secondary N) is 2. The minimum absolute atomic E-state index is 0.169. The van der Waals surface area contributed by atoms with Crippen molar-refractivity contribution in [3.05, 3.63) is 30.0 Å². The lowest BCUT2D eigenvalue weighted by Crippen LogP contribution is -2.39. The van der Waals surface area contributed by atoms with Crippen LogP contribution in [0.2, 0.25) is 0 Å². The summed E-state index contributed by atoms with van der Waals surface area (Å²) in [5.41, 5.74) is 2.68. The van der Waals surface area contributed by atoms with Crippen molar-refractivity contribution >= 4 is 28.0 Å². The van der Waals surface area contributed by atoms with Crippen molar-refractivity contribution in [2.75, 3.05) is 19.6 Å². The summed E-state index contributed by atoms with van der Waals surface area (Å²) in [6, 6.07) is 2.01. The molecule has 2 N–H and O–H groups in total. The van der Waals surface area contributed by atoms with E-state index in [0.717, 1.165) is 52.8 Å². The molecule has 0 aliphatic carbocycles. The van der Waals surface area contributed by atoms with E-state index < -0.39 is 6.09 Å². The Hall–Kier alpha value is -2.74. The third-order valence-electron chi connectivity index (χ3n) is 4.69. The summed E-state index contributed by atoms with van der Waals surface area (Å²) in [5.74, 6) is 0.897. The number of pyridine rings is 1. The Bertz CT molecular complexity index is 953. The Balaban J connectivity index is 1.71. The van der Waals surface area contributed by atoms with Gasteiger partial charge in [0.25, 0.3) is 0 Å². The van der Waals surface area contributed by atoms with Crippen LogP contribution in [0.1, 0.15) is 37.2 Å². The number of nitrogens with zero attached hydrogens (tertiary/aromatic N) is 4. The first-order chi connectivity index (χ1) is 12.7. The van der Waals surface area contributed by atoms with Crippen LogP contribution >= 0.6 is 0 Å². The molecule has 136 valence electrons. The predicted molar refractivity (Wildman–Crippen MR) is 97.6 cm³/mol. The lowest BCUT2D eigenvalue weighted by molar-refractivity contribution is -0.115. The molecule has 1 amide bonds. The number of H-pyrrole nitrogens is 1. The smallest absolute Gasteiger partial charge is 0.351 e. The molecule has 1 saturated heterocycles. The van der Waals surface area contributed by atoms with E-state index in [1.54, 1.807) is 11.3 Å². The fourth-order valence-corrected chi connectivity index (χ4v) is 3.62. The topological polar surface area (TPSA) is 96.0 Å². The molecule has 4 heterocycles. The number of aromatic nitrogens is 4. The molecular formula is C18H22N6O2. The lowest BCUT2D eigenvalue weighted by atomic mass is 9.92. The summed E-state index contributed by atoms with van der Waals surface area (Å²) < 4.78 is 0. The van der Waals surface area contributed by atoms with Crippen molar-refractivity contribution in [1.82, 2.24) is 30.3 Å². The van der Waals surface area contributed by atoms with Crippen LogP contribution in [0.15, 0.2) is 18.5 Å². The second-order valence-corrected chi connectivity index (χ2v) is 6.55. The molecule has 8 nitrogen and oxygen atoms in total. The van der Waals surface area contributed by atoms with Crippen molar-refractivity contribution in [3.8, 4) is 0 Å². The minimum atomic E-state index is -0.408. The number of hydrogen-bond acceptors (Lipinski definition) is 6. The highest BCUT2D eigenvalue weighted by Crippen LogP contribution is 2.33. The van der Waals surface area contributed by atoms with Crippen LogP contribution in [0.25, 0.3) is 21.9 Å². The fraction of sp³-hybridized carbons (Fsp3) is 0.444. The van der Waals surface area contributed by atoms with Gasteiger partial charge in [0.15, 0.2) is 0 Å². The number of amides is 1. The standard InChI is InChI=1S/C18H22N6O2/c1-3-19-18(25)26-24-8-4-5-12(10-24)16-15-13-6-7-20-17(13)21-9-14(15)22-11(2)23-16/h6-7,9,12H,3-5,8,10H2,1-2H3,(H,19,25)(H,20,21). The second kappa shape index (κ2) is 6.87. The van der Waals surface area contributed by atoms with Crippen LogP contribution in [0.4, 0.5) is 4.79 Å². The maximum atomic E-state index is 11.7. The molecule has 0 radical (unpaired) electrons. The molecule has 0 saturated carbocycles. The highest BCUT2D eigenvalue weighted by molar-refractivity contribution is 6.04. The largest absolute Gasteiger partial charge is 0.426 e. The fourth-order valence-electron chi connectivity index (χ4n) is 3.62. The minimum Gasteiger partial charge on any atom is -0.351 e. The number of aryl methyl sites for hydroxylation is 1. The molecule has 1 aliphatic rings. The zero-order valence-electron chi connectivity index (χ0n) is 15.0. The summed E-state index contributed by atoms with van der Waals surface area (Å²) in [4.78, 5) is 34.1. The van der Waals surface area contributed by atoms with Crippen molar-refractivity contribution in [3.63, 3.8) is 0 Å². The Labute approximate surface area is 150 Å². The monoisotopic (exact) mass is 354 g/mol. The quantitative estimate of drug-likeness (QED) is 0.751. The second-order valence-electron chi connectivity index (χ2n) is 6.55. The summed E-state index contributed by atoms with van der Waals surface area (Å²) in [5, 5.41) is 6.46. The zero-order valence-corrected chi connectivity index (χ0v) is 15.0. The van der Waals surface area contributed by atoms with Crippen LogP contribution in [-0.2, 0) is 4.84 Å². The van der Waals surface area contributed by atoms with Gasteiger partial charge in [0.05, 0.1) is 17.4 Å². The number of piperidine rings is 1. The van der Waals surface area contributed by atoms with Gasteiger partial charge < -0.3 is 15.1 Å². The van der Waals surface area contributed by atoms with E-state index in [0.29, 0.717) is 13.1 Å². The maximum Gasteiger partial charge on any atom is 0.426 e. The Morgan fingerprint density at radius 1 is 1.46 bits per heavy atom. The first kappa shape index (κ1) is 16.7. The van der Waals surface area contributed by atoms with E-state index in [-0.39, 0.29) is 5.92 Å². The molecular weight excluding hydrogens is 332 g/mol. The van der Waals surface area contributed by atoms with E-state index in [1.807, 2.05) is 26.1 Å². The van der Waals surface area contributed by atoms with E-state index in [4.69, 9.17) is 9.82 Å². The zero-order chi connectivity index (χ0) is 18.1. The third-order valence-corrected chi connectivity index (χ3v) is 4.69. The maximum absolute atomic E-state index is 11.7. The average Bonchev–Trinajstić information content (AvgIpc) is 3.10. The molecule has 3 aromatic rings. The van der Waals surface area contributed by atoms with Crippen LogP contribution < -0.4 is 5.32 Å². The number of carbonyl (C=O) groups is 1. The molecule has 1 aliphatic heterocycles. The molecule has 1 unspecified atom stereocenters. The summed E-state index contributed by atoms with van der Waals surface area (Å²) in [7, 11) is 0. The van der Waals surface area contributed by atoms with E-state index in [2.05, 4.69) is 20.3 Å². The van der Waals surface area contributed by atoms with Gasteiger partial charge >= 0.3 is 6.09 Å². The molecule has 0 aromatic carbocycles. The van der Waals surface area contributed by atoms with Crippen molar-refractivity contribution in [2.45, 2.75) is 32.6 Å². The Morgan fingerprint density at radius 3 is 3.19 bits per heavy atom. The SMILES string of the molecule is CCNC(=O)ON1CCCC(c2nc(C)nc3cnc4[nH]ccc4c23)C1. The number of hydroxylamine groups is 2. The number of carbonyl (C=O) groups excluding carboxylic acids is 1. The van der Waals surface area contributed by atoms with Crippen molar-refractivity contribution < 1.29 is 9.63 Å². The van der Waals surface area contributed by atoms with Gasteiger partial charge in [0.1, 0.15) is 11.5 Å². The van der Waals surface area contributed by atoms with Crippen molar-refractivity contribution in [2.24, 2.45) is 0 Å². The van der Waals surface area contributed by atoms with E-state index >= 15 is 0 Å². The molecule has 0 spiro atoms. The van der Waals surface area contributed by atoms with Gasteiger partial charge in [-0.15, -0.1) is 5.06 Å². The molecule has 4 rings (SSSR count).